The maximum Gasteiger partial charge on any atom is -0.000673 e. The third kappa shape index (κ3) is 6.48. The van der Waals surface area contributed by atoms with E-state index in [1.165, 1.54) is 196 Å². The lowest BCUT2D eigenvalue weighted by Crippen LogP contribution is -1.83. The molecular weight excluding hydrogens is 1010 g/mol. The second-order valence-corrected chi connectivity index (χ2v) is 23.3. The quantitative estimate of drug-likeness (QED) is 0.146. The first-order chi connectivity index (χ1) is 41.6. The summed E-state index contributed by atoms with van der Waals surface area (Å²) in [6, 6.07) is 110. The van der Waals surface area contributed by atoms with Gasteiger partial charge in [0.05, 0.1) is 0 Å². The molecule has 384 valence electrons. The summed E-state index contributed by atoms with van der Waals surface area (Å²) < 4.78 is 0. The molecular formula is C84H48. The lowest BCUT2D eigenvalue weighted by atomic mass is 9.94. The molecule has 0 N–H and O–H groups in total. The molecule has 0 spiro atoms. The van der Waals surface area contributed by atoms with Crippen molar-refractivity contribution >= 4 is 129 Å². The maximum absolute atomic E-state index is 2.55. The molecule has 0 heteroatoms. The SMILES string of the molecule is c1ccc(-c2ccc(-c3ccc4c(c3)cc3c5c4cccc5c4c3c3c5cccc6c7ccc(-c8ccc(-c9ccccc9)cc8)cc7cc(c65)c3c3c5cccc6c7ccc(-c8ccc(-c9ccccc9)cc8)cc7cc(c65)c43)cc2)cc1. The van der Waals surface area contributed by atoms with Crippen LogP contribution in [0.4, 0.5) is 0 Å². The van der Waals surface area contributed by atoms with Crippen molar-refractivity contribution in [3.05, 3.63) is 291 Å². The standard InChI is InChI=1S/C84H48/c1-4-13-49(14-5-1)52-25-31-55(32-26-52)58-37-40-64-61(43-58)46-73-76-67(64)19-10-22-70(76)79-82(73)80-71-23-11-20-68-65-41-38-59(56-33-27-53(28-34-56)50-15-6-2-7-16-50)44-62(65)47-74(77(68)71)84(80)81-72-24-12-21-69-66-42-39-60(45-63(66)48-75(78(69)72)83(79)81)57-35-29-54(30-36-57)51-17-8-3-9-18-51/h1-48H. The van der Waals surface area contributed by atoms with E-state index in [0.717, 1.165) is 0 Å². The van der Waals surface area contributed by atoms with E-state index < -0.39 is 0 Å². The summed E-state index contributed by atoms with van der Waals surface area (Å²) >= 11 is 0. The number of hydrogen-bond donors (Lipinski definition) is 0. The molecule has 0 aliphatic rings. The molecule has 0 amide bonds. The molecule has 0 aliphatic carbocycles. The van der Waals surface area contributed by atoms with Crippen LogP contribution in [0.25, 0.3) is 196 Å². The van der Waals surface area contributed by atoms with Crippen molar-refractivity contribution in [2.45, 2.75) is 0 Å². The molecule has 19 aromatic carbocycles. The minimum Gasteiger partial charge on any atom is -0.0622 e. The third-order valence-corrected chi connectivity index (χ3v) is 19.0. The van der Waals surface area contributed by atoms with E-state index in [-0.39, 0.29) is 0 Å². The van der Waals surface area contributed by atoms with Gasteiger partial charge < -0.3 is 0 Å². The van der Waals surface area contributed by atoms with E-state index in [1.807, 2.05) is 0 Å². The number of hydrogen-bond acceptors (Lipinski definition) is 0. The summed E-state index contributed by atoms with van der Waals surface area (Å²) in [6.07, 6.45) is 0. The van der Waals surface area contributed by atoms with Gasteiger partial charge in [-0.2, -0.15) is 0 Å². The minimum atomic E-state index is 1.22. The molecule has 0 atom stereocenters. The van der Waals surface area contributed by atoms with E-state index in [2.05, 4.69) is 291 Å². The Morgan fingerprint density at radius 1 is 0.107 bits per heavy atom. The Morgan fingerprint density at radius 2 is 0.321 bits per heavy atom. The van der Waals surface area contributed by atoms with Gasteiger partial charge in [0.25, 0.3) is 0 Å². The number of rotatable bonds is 6. The predicted molar refractivity (Wildman–Crippen MR) is 363 cm³/mol. The van der Waals surface area contributed by atoms with Gasteiger partial charge >= 0.3 is 0 Å². The maximum atomic E-state index is 2.55. The monoisotopic (exact) mass is 1060 g/mol. The van der Waals surface area contributed by atoms with Crippen LogP contribution in [-0.2, 0) is 0 Å². The summed E-state index contributed by atoms with van der Waals surface area (Å²) in [7, 11) is 0. The number of fused-ring (bicyclic) bond motifs is 18. The molecule has 0 unspecified atom stereocenters. The first-order valence-electron chi connectivity index (χ1n) is 29.4. The zero-order chi connectivity index (χ0) is 54.7. The van der Waals surface area contributed by atoms with Crippen molar-refractivity contribution < 1.29 is 0 Å². The van der Waals surface area contributed by atoms with Gasteiger partial charge in [-0.15, -0.1) is 0 Å². The predicted octanol–water partition coefficient (Wildman–Crippen LogP) is 23.8. The van der Waals surface area contributed by atoms with Crippen LogP contribution in [0.5, 0.6) is 0 Å². The van der Waals surface area contributed by atoms with Crippen LogP contribution >= 0.6 is 0 Å². The van der Waals surface area contributed by atoms with E-state index >= 15 is 0 Å². The topological polar surface area (TPSA) is 0 Å². The highest BCUT2D eigenvalue weighted by molar-refractivity contribution is 6.57. The first-order valence-corrected chi connectivity index (χ1v) is 29.4. The Hall–Kier alpha value is -10.9. The van der Waals surface area contributed by atoms with Gasteiger partial charge in [0, 0.05) is 0 Å². The van der Waals surface area contributed by atoms with Gasteiger partial charge in [-0.25, -0.2) is 0 Å². The van der Waals surface area contributed by atoms with E-state index in [0.29, 0.717) is 0 Å². The zero-order valence-electron chi connectivity index (χ0n) is 45.7. The highest BCUT2D eigenvalue weighted by atomic mass is 14.3. The van der Waals surface area contributed by atoms with Gasteiger partial charge in [-0.05, 0) is 232 Å². The molecule has 0 nitrogen and oxygen atoms in total. The van der Waals surface area contributed by atoms with Crippen molar-refractivity contribution in [2.24, 2.45) is 0 Å². The first kappa shape index (κ1) is 45.8. The fraction of sp³-hybridized carbons (Fsp3) is 0. The summed E-state index contributed by atoms with van der Waals surface area (Å²) in [4.78, 5) is 0. The fourth-order valence-corrected chi connectivity index (χ4v) is 15.2. The molecule has 0 fully saturated rings. The molecule has 19 aromatic rings. The molecule has 84 heavy (non-hydrogen) atoms. The molecule has 0 radical (unpaired) electrons. The second kappa shape index (κ2) is 17.3. The minimum absolute atomic E-state index is 1.22. The normalized spacial score (nSPS) is 12.3. The highest BCUT2D eigenvalue weighted by Gasteiger charge is 2.28. The Balaban J connectivity index is 0.914. The smallest absolute Gasteiger partial charge is 0.000673 e. The van der Waals surface area contributed by atoms with E-state index in [4.69, 9.17) is 0 Å². The van der Waals surface area contributed by atoms with Gasteiger partial charge in [-0.3, -0.25) is 0 Å². The Kier molecular flexibility index (Phi) is 9.43. The highest BCUT2D eigenvalue weighted by Crippen LogP contribution is 2.57. The Bertz CT molecular complexity index is 5270. The van der Waals surface area contributed by atoms with Crippen LogP contribution in [-0.4, -0.2) is 0 Å². The summed E-state index contributed by atoms with van der Waals surface area (Å²) in [6.45, 7) is 0. The molecule has 0 heterocycles. The van der Waals surface area contributed by atoms with E-state index in [1.54, 1.807) is 0 Å². The molecule has 0 aromatic heterocycles. The van der Waals surface area contributed by atoms with Gasteiger partial charge in [0.15, 0.2) is 0 Å². The Labute approximate surface area is 484 Å². The second-order valence-electron chi connectivity index (χ2n) is 23.3. The van der Waals surface area contributed by atoms with Crippen molar-refractivity contribution in [1.29, 1.82) is 0 Å². The summed E-state index contributed by atoms with van der Waals surface area (Å²) in [5.74, 6) is 0. The lowest BCUT2D eigenvalue weighted by Gasteiger charge is -2.09. The van der Waals surface area contributed by atoms with Gasteiger partial charge in [0.1, 0.15) is 0 Å². The van der Waals surface area contributed by atoms with Crippen LogP contribution in [0.3, 0.4) is 0 Å². The van der Waals surface area contributed by atoms with Gasteiger partial charge in [0.2, 0.25) is 0 Å². The Morgan fingerprint density at radius 3 is 0.595 bits per heavy atom. The fourth-order valence-electron chi connectivity index (χ4n) is 15.2. The zero-order valence-corrected chi connectivity index (χ0v) is 45.7. The summed E-state index contributed by atoms with van der Waals surface area (Å²) in [5, 5.41) is 31.6. The van der Waals surface area contributed by atoms with Crippen molar-refractivity contribution in [2.75, 3.05) is 0 Å². The van der Waals surface area contributed by atoms with Crippen LogP contribution < -0.4 is 0 Å². The van der Waals surface area contributed by atoms with Gasteiger partial charge in [-0.1, -0.05) is 255 Å². The molecule has 0 bridgehead atoms. The number of benzene rings is 16. The van der Waals surface area contributed by atoms with Crippen molar-refractivity contribution in [1.82, 2.24) is 0 Å². The largest absolute Gasteiger partial charge is 0.0622 e. The third-order valence-electron chi connectivity index (χ3n) is 19.0. The van der Waals surface area contributed by atoms with Crippen LogP contribution in [0.2, 0.25) is 0 Å². The average Bonchev–Trinajstić information content (AvgIpc) is 2.93. The molecule has 0 saturated carbocycles. The van der Waals surface area contributed by atoms with Crippen molar-refractivity contribution in [3.63, 3.8) is 0 Å². The summed E-state index contributed by atoms with van der Waals surface area (Å²) in [5.41, 5.74) is 14.7. The molecule has 0 aliphatic heterocycles. The van der Waals surface area contributed by atoms with Crippen LogP contribution in [0.15, 0.2) is 291 Å². The van der Waals surface area contributed by atoms with Crippen molar-refractivity contribution in [3.8, 4) is 66.8 Å². The molecule has 19 rings (SSSR count). The lowest BCUT2D eigenvalue weighted by molar-refractivity contribution is 1.60. The van der Waals surface area contributed by atoms with E-state index in [9.17, 15) is 0 Å². The average molecular weight is 1060 g/mol. The van der Waals surface area contributed by atoms with Crippen LogP contribution in [0.1, 0.15) is 0 Å². The molecule has 0 saturated heterocycles. The van der Waals surface area contributed by atoms with Crippen LogP contribution in [0, 0.1) is 0 Å².